The van der Waals surface area contributed by atoms with Crippen LogP contribution in [0.4, 0.5) is 0 Å². The number of hydrogen-bond acceptors (Lipinski definition) is 3. The number of rotatable bonds is 6. The molecule has 1 aromatic heterocycles. The van der Waals surface area contributed by atoms with Crippen molar-refractivity contribution in [1.82, 2.24) is 5.32 Å². The minimum absolute atomic E-state index is 0.558. The summed E-state index contributed by atoms with van der Waals surface area (Å²) in [5.74, 6) is 2.35. The van der Waals surface area contributed by atoms with Crippen LogP contribution in [0.15, 0.2) is 23.0 Å². The van der Waals surface area contributed by atoms with Gasteiger partial charge in [0.25, 0.3) is 0 Å². The van der Waals surface area contributed by atoms with Gasteiger partial charge in [0.2, 0.25) is 0 Å². The minimum atomic E-state index is 0.558. The van der Waals surface area contributed by atoms with Gasteiger partial charge in [-0.2, -0.15) is 11.8 Å². The van der Waals surface area contributed by atoms with Crippen LogP contribution in [0.1, 0.15) is 12.5 Å². The lowest BCUT2D eigenvalue weighted by Gasteiger charge is -2.13. The number of thioether (sulfide) groups is 1. The fourth-order valence-corrected chi connectivity index (χ4v) is 2.00. The molecule has 0 aliphatic carbocycles. The van der Waals surface area contributed by atoms with Crippen molar-refractivity contribution in [3.8, 4) is 0 Å². The molecule has 1 heterocycles. The van der Waals surface area contributed by atoms with Crippen LogP contribution in [0.3, 0.4) is 0 Å². The Labute approximate surface area is 84.1 Å². The van der Waals surface area contributed by atoms with Crippen molar-refractivity contribution in [2.45, 2.75) is 19.4 Å². The highest BCUT2D eigenvalue weighted by atomic mass is 32.2. The smallest absolute Gasteiger partial charge is 0.0935 e. The highest BCUT2D eigenvalue weighted by Gasteiger charge is 2.07. The lowest BCUT2D eigenvalue weighted by Crippen LogP contribution is -2.29. The number of furan rings is 1. The molecule has 0 bridgehead atoms. The first-order valence-corrected chi connectivity index (χ1v) is 5.78. The van der Waals surface area contributed by atoms with Crippen LogP contribution < -0.4 is 5.32 Å². The highest BCUT2D eigenvalue weighted by molar-refractivity contribution is 7.99. The van der Waals surface area contributed by atoms with Gasteiger partial charge in [-0.1, -0.05) is 6.92 Å². The molecule has 0 aliphatic rings. The van der Waals surface area contributed by atoms with Crippen LogP contribution in [0, 0.1) is 0 Å². The molecule has 13 heavy (non-hydrogen) atoms. The van der Waals surface area contributed by atoms with Gasteiger partial charge in [0.05, 0.1) is 12.5 Å². The maximum Gasteiger partial charge on any atom is 0.0935 e. The van der Waals surface area contributed by atoms with Crippen molar-refractivity contribution in [3.05, 3.63) is 24.2 Å². The minimum Gasteiger partial charge on any atom is -0.472 e. The molecule has 2 nitrogen and oxygen atoms in total. The van der Waals surface area contributed by atoms with E-state index >= 15 is 0 Å². The first-order chi connectivity index (χ1) is 6.36. The molecule has 0 saturated heterocycles. The second-order valence-corrected chi connectivity index (χ2v) is 4.30. The van der Waals surface area contributed by atoms with Crippen molar-refractivity contribution in [3.63, 3.8) is 0 Å². The topological polar surface area (TPSA) is 25.2 Å². The highest BCUT2D eigenvalue weighted by Crippen LogP contribution is 2.08. The van der Waals surface area contributed by atoms with Crippen molar-refractivity contribution in [2.75, 3.05) is 18.6 Å². The van der Waals surface area contributed by atoms with Gasteiger partial charge in [-0.3, -0.25) is 0 Å². The predicted octanol–water partition coefficient (Wildman–Crippen LogP) is 2.16. The number of likely N-dealkylation sites (N-methyl/N-ethyl adjacent to an activating group) is 1. The fourth-order valence-electron chi connectivity index (χ4n) is 1.20. The Hall–Kier alpha value is -0.410. The van der Waals surface area contributed by atoms with Gasteiger partial charge >= 0.3 is 0 Å². The van der Waals surface area contributed by atoms with Crippen molar-refractivity contribution >= 4 is 11.8 Å². The van der Waals surface area contributed by atoms with E-state index in [1.165, 1.54) is 11.3 Å². The normalized spacial score (nSPS) is 13.1. The van der Waals surface area contributed by atoms with E-state index in [1.54, 1.807) is 6.26 Å². The average molecular weight is 199 g/mol. The Bertz CT molecular complexity index is 211. The first-order valence-electron chi connectivity index (χ1n) is 4.63. The zero-order chi connectivity index (χ0) is 9.52. The summed E-state index contributed by atoms with van der Waals surface area (Å²) in [6.45, 7) is 2.19. The molecule has 0 saturated carbocycles. The van der Waals surface area contributed by atoms with Crippen LogP contribution >= 0.6 is 11.8 Å². The van der Waals surface area contributed by atoms with Gasteiger partial charge < -0.3 is 9.73 Å². The summed E-state index contributed by atoms with van der Waals surface area (Å²) in [5, 5.41) is 3.31. The maximum atomic E-state index is 5.03. The molecule has 0 radical (unpaired) electrons. The summed E-state index contributed by atoms with van der Waals surface area (Å²) >= 11 is 1.97. The summed E-state index contributed by atoms with van der Waals surface area (Å²) in [6, 6.07) is 2.59. The number of hydrogen-bond donors (Lipinski definition) is 1. The standard InChI is InChI=1S/C10H17NOS/c1-3-13-8-10(11-2)6-9-4-5-12-7-9/h4-5,7,10-11H,3,6,8H2,1-2H3. The van der Waals surface area contributed by atoms with E-state index in [-0.39, 0.29) is 0 Å². The second-order valence-electron chi connectivity index (χ2n) is 2.98. The molecule has 3 heteroatoms. The Morgan fingerprint density at radius 1 is 1.62 bits per heavy atom. The summed E-state index contributed by atoms with van der Waals surface area (Å²) < 4.78 is 5.03. The van der Waals surface area contributed by atoms with Gasteiger partial charge in [0, 0.05) is 11.8 Å². The second kappa shape index (κ2) is 6.11. The van der Waals surface area contributed by atoms with E-state index in [4.69, 9.17) is 4.42 Å². The van der Waals surface area contributed by atoms with Crippen molar-refractivity contribution < 1.29 is 4.42 Å². The number of nitrogens with one attached hydrogen (secondary N) is 1. The largest absolute Gasteiger partial charge is 0.472 e. The monoisotopic (exact) mass is 199 g/mol. The third kappa shape index (κ3) is 3.87. The van der Waals surface area contributed by atoms with Crippen LogP contribution in [-0.4, -0.2) is 24.6 Å². The lowest BCUT2D eigenvalue weighted by atomic mass is 10.1. The van der Waals surface area contributed by atoms with Gasteiger partial charge in [-0.05, 0) is 30.9 Å². The van der Waals surface area contributed by atoms with E-state index in [1.807, 2.05) is 31.1 Å². The lowest BCUT2D eigenvalue weighted by molar-refractivity contribution is 0.556. The average Bonchev–Trinajstić information content (AvgIpc) is 2.64. The Morgan fingerprint density at radius 3 is 3.00 bits per heavy atom. The maximum absolute atomic E-state index is 5.03. The molecule has 0 spiro atoms. The zero-order valence-corrected chi connectivity index (χ0v) is 9.06. The van der Waals surface area contributed by atoms with E-state index in [0.29, 0.717) is 6.04 Å². The van der Waals surface area contributed by atoms with Crippen LogP contribution in [-0.2, 0) is 6.42 Å². The SMILES string of the molecule is CCSCC(Cc1ccoc1)NC. The molecule has 0 fully saturated rings. The molecule has 1 unspecified atom stereocenters. The molecule has 1 rings (SSSR count). The molecule has 0 aliphatic heterocycles. The Morgan fingerprint density at radius 2 is 2.46 bits per heavy atom. The Balaban J connectivity index is 2.31. The molecule has 0 amide bonds. The molecular formula is C10H17NOS. The van der Waals surface area contributed by atoms with Crippen LogP contribution in [0.2, 0.25) is 0 Å². The van der Waals surface area contributed by atoms with Gasteiger partial charge in [-0.25, -0.2) is 0 Å². The Kier molecular flexibility index (Phi) is 5.01. The fraction of sp³-hybridized carbons (Fsp3) is 0.600. The van der Waals surface area contributed by atoms with E-state index in [9.17, 15) is 0 Å². The van der Waals surface area contributed by atoms with E-state index < -0.39 is 0 Å². The van der Waals surface area contributed by atoms with Gasteiger partial charge in [0.15, 0.2) is 0 Å². The molecule has 1 N–H and O–H groups in total. The quantitative estimate of drug-likeness (QED) is 0.760. The first kappa shape index (κ1) is 10.7. The van der Waals surface area contributed by atoms with Crippen LogP contribution in [0.5, 0.6) is 0 Å². The molecule has 0 aromatic carbocycles. The summed E-state index contributed by atoms with van der Waals surface area (Å²) in [5.41, 5.74) is 1.27. The zero-order valence-electron chi connectivity index (χ0n) is 8.25. The third-order valence-corrected chi connectivity index (χ3v) is 3.04. The van der Waals surface area contributed by atoms with Gasteiger partial charge in [0.1, 0.15) is 0 Å². The van der Waals surface area contributed by atoms with Gasteiger partial charge in [-0.15, -0.1) is 0 Å². The molecule has 1 atom stereocenters. The summed E-state index contributed by atoms with van der Waals surface area (Å²) in [6.07, 6.45) is 4.61. The van der Waals surface area contributed by atoms with Crippen molar-refractivity contribution in [2.24, 2.45) is 0 Å². The molecule has 1 aromatic rings. The van der Waals surface area contributed by atoms with Crippen LogP contribution in [0.25, 0.3) is 0 Å². The molecular weight excluding hydrogens is 182 g/mol. The summed E-state index contributed by atoms with van der Waals surface area (Å²) in [4.78, 5) is 0. The predicted molar refractivity (Wildman–Crippen MR) is 58.3 cm³/mol. The van der Waals surface area contributed by atoms with E-state index in [0.717, 1.165) is 12.2 Å². The molecule has 74 valence electrons. The third-order valence-electron chi connectivity index (χ3n) is 1.99. The van der Waals surface area contributed by atoms with E-state index in [2.05, 4.69) is 12.2 Å². The summed E-state index contributed by atoms with van der Waals surface area (Å²) in [7, 11) is 2.01. The van der Waals surface area contributed by atoms with Crippen molar-refractivity contribution in [1.29, 1.82) is 0 Å².